The van der Waals surface area contributed by atoms with Gasteiger partial charge in [-0.25, -0.2) is 4.39 Å². The summed E-state index contributed by atoms with van der Waals surface area (Å²) in [5, 5.41) is -0.0741. The molecule has 92 valence electrons. The molecule has 1 aliphatic heterocycles. The molecule has 1 atom stereocenters. The predicted octanol–water partition coefficient (Wildman–Crippen LogP) is 2.94. The molecule has 0 fully saturated rings. The van der Waals surface area contributed by atoms with Crippen molar-refractivity contribution in [1.82, 2.24) is 0 Å². The summed E-state index contributed by atoms with van der Waals surface area (Å²) in [6, 6.07) is 1.56. The Morgan fingerprint density at radius 3 is 2.94 bits per heavy atom. The predicted molar refractivity (Wildman–Crippen MR) is 61.5 cm³/mol. The molecule has 1 aromatic rings. The first-order chi connectivity index (χ1) is 8.15. The number of aldehydes is 1. The van der Waals surface area contributed by atoms with Crippen LogP contribution < -0.4 is 9.47 Å². The SMILES string of the molecule is CC(CC=O)c1cc2c(c(Cl)c1F)OCCO2. The van der Waals surface area contributed by atoms with Crippen LogP contribution in [0.2, 0.25) is 5.02 Å². The summed E-state index contributed by atoms with van der Waals surface area (Å²) >= 11 is 5.89. The maximum absolute atomic E-state index is 14.0. The second-order valence-corrected chi connectivity index (χ2v) is 4.30. The lowest BCUT2D eigenvalue weighted by molar-refractivity contribution is -0.108. The molecule has 0 aliphatic carbocycles. The largest absolute Gasteiger partial charge is 0.486 e. The van der Waals surface area contributed by atoms with Gasteiger partial charge in [0.05, 0.1) is 0 Å². The Morgan fingerprint density at radius 1 is 1.53 bits per heavy atom. The van der Waals surface area contributed by atoms with E-state index < -0.39 is 5.82 Å². The summed E-state index contributed by atoms with van der Waals surface area (Å²) in [5.74, 6) is -0.0843. The van der Waals surface area contributed by atoms with E-state index >= 15 is 0 Å². The maximum Gasteiger partial charge on any atom is 0.182 e. The van der Waals surface area contributed by atoms with Gasteiger partial charge in [0, 0.05) is 6.42 Å². The fourth-order valence-electron chi connectivity index (χ4n) is 1.77. The molecule has 0 spiro atoms. The van der Waals surface area contributed by atoms with Crippen LogP contribution in [0.1, 0.15) is 24.8 Å². The number of benzene rings is 1. The smallest absolute Gasteiger partial charge is 0.182 e. The Balaban J connectivity index is 2.47. The number of ether oxygens (including phenoxy) is 2. The molecule has 3 nitrogen and oxygen atoms in total. The fraction of sp³-hybridized carbons (Fsp3) is 0.417. The van der Waals surface area contributed by atoms with Gasteiger partial charge >= 0.3 is 0 Å². The van der Waals surface area contributed by atoms with Crippen LogP contribution >= 0.6 is 11.6 Å². The standard InChI is InChI=1S/C12H12ClFO3/c1-7(2-3-15)8-6-9-12(10(13)11(8)14)17-5-4-16-9/h3,6-7H,2,4-5H2,1H3. The number of carbonyl (C=O) groups is 1. The summed E-state index contributed by atoms with van der Waals surface area (Å²) in [6.45, 7) is 2.53. The molecule has 0 saturated heterocycles. The van der Waals surface area contributed by atoms with Gasteiger partial charge in [0.25, 0.3) is 0 Å². The van der Waals surface area contributed by atoms with Gasteiger partial charge in [-0.2, -0.15) is 0 Å². The average Bonchev–Trinajstić information content (AvgIpc) is 2.34. The lowest BCUT2D eigenvalue weighted by atomic mass is 9.97. The number of fused-ring (bicyclic) bond motifs is 1. The topological polar surface area (TPSA) is 35.5 Å². The second-order valence-electron chi connectivity index (χ2n) is 3.92. The van der Waals surface area contributed by atoms with Crippen molar-refractivity contribution in [2.45, 2.75) is 19.3 Å². The second kappa shape index (κ2) is 4.92. The van der Waals surface area contributed by atoms with Crippen LogP contribution in [0.25, 0.3) is 0 Å². The molecule has 1 aromatic carbocycles. The fourth-order valence-corrected chi connectivity index (χ4v) is 2.03. The van der Waals surface area contributed by atoms with Gasteiger partial charge in [-0.1, -0.05) is 18.5 Å². The van der Waals surface area contributed by atoms with Crippen molar-refractivity contribution in [2.75, 3.05) is 13.2 Å². The molecule has 0 radical (unpaired) electrons. The highest BCUT2D eigenvalue weighted by molar-refractivity contribution is 6.32. The molecular weight excluding hydrogens is 247 g/mol. The van der Waals surface area contributed by atoms with Gasteiger partial charge in [-0.05, 0) is 17.5 Å². The molecule has 0 saturated carbocycles. The van der Waals surface area contributed by atoms with E-state index in [-0.39, 0.29) is 23.1 Å². The van der Waals surface area contributed by atoms with Crippen LogP contribution in [0, 0.1) is 5.82 Å². The molecule has 17 heavy (non-hydrogen) atoms. The minimum Gasteiger partial charge on any atom is -0.486 e. The van der Waals surface area contributed by atoms with E-state index in [1.165, 1.54) is 0 Å². The first-order valence-electron chi connectivity index (χ1n) is 5.36. The van der Waals surface area contributed by atoms with Crippen LogP contribution in [0.5, 0.6) is 11.5 Å². The highest BCUT2D eigenvalue weighted by Gasteiger charge is 2.24. The summed E-state index contributed by atoms with van der Waals surface area (Å²) < 4.78 is 24.6. The van der Waals surface area contributed by atoms with E-state index in [1.54, 1.807) is 13.0 Å². The van der Waals surface area contributed by atoms with Crippen LogP contribution in [-0.4, -0.2) is 19.5 Å². The van der Waals surface area contributed by atoms with Gasteiger partial charge in [-0.15, -0.1) is 0 Å². The van der Waals surface area contributed by atoms with E-state index in [0.29, 0.717) is 24.5 Å². The third kappa shape index (κ3) is 2.22. The van der Waals surface area contributed by atoms with Crippen molar-refractivity contribution in [3.8, 4) is 11.5 Å². The summed E-state index contributed by atoms with van der Waals surface area (Å²) in [7, 11) is 0. The quantitative estimate of drug-likeness (QED) is 0.782. The van der Waals surface area contributed by atoms with Gasteiger partial charge in [0.15, 0.2) is 11.5 Å². The van der Waals surface area contributed by atoms with Crippen molar-refractivity contribution < 1.29 is 18.7 Å². The molecule has 1 unspecified atom stereocenters. The Bertz CT molecular complexity index is 448. The normalized spacial score (nSPS) is 15.5. The van der Waals surface area contributed by atoms with Crippen molar-refractivity contribution in [2.24, 2.45) is 0 Å². The van der Waals surface area contributed by atoms with Crippen LogP contribution in [-0.2, 0) is 4.79 Å². The van der Waals surface area contributed by atoms with E-state index in [4.69, 9.17) is 21.1 Å². The molecule has 1 aliphatic rings. The number of hydrogen-bond acceptors (Lipinski definition) is 3. The molecule has 0 aromatic heterocycles. The lowest BCUT2D eigenvalue weighted by Gasteiger charge is -2.22. The lowest BCUT2D eigenvalue weighted by Crippen LogP contribution is -2.17. The maximum atomic E-state index is 14.0. The molecule has 0 N–H and O–H groups in total. The number of hydrogen-bond donors (Lipinski definition) is 0. The molecule has 1 heterocycles. The van der Waals surface area contributed by atoms with E-state index in [1.807, 2.05) is 0 Å². The van der Waals surface area contributed by atoms with E-state index in [9.17, 15) is 9.18 Å². The summed E-state index contributed by atoms with van der Waals surface area (Å²) in [5.41, 5.74) is 0.381. The van der Waals surface area contributed by atoms with E-state index in [0.717, 1.165) is 6.29 Å². The average molecular weight is 259 g/mol. The van der Waals surface area contributed by atoms with Gasteiger partial charge in [0.2, 0.25) is 0 Å². The summed E-state index contributed by atoms with van der Waals surface area (Å²) in [6.07, 6.45) is 1.00. The van der Waals surface area contributed by atoms with Gasteiger partial charge < -0.3 is 14.3 Å². The Morgan fingerprint density at radius 2 is 2.24 bits per heavy atom. The van der Waals surface area contributed by atoms with Gasteiger partial charge in [0.1, 0.15) is 30.3 Å². The zero-order valence-corrected chi connectivity index (χ0v) is 10.1. The van der Waals surface area contributed by atoms with Crippen LogP contribution in [0.4, 0.5) is 4.39 Å². The third-order valence-corrected chi connectivity index (χ3v) is 3.06. The Labute approximate surface area is 103 Å². The Hall–Kier alpha value is -1.29. The molecular formula is C12H12ClFO3. The van der Waals surface area contributed by atoms with Crippen LogP contribution in [0.3, 0.4) is 0 Å². The van der Waals surface area contributed by atoms with E-state index in [2.05, 4.69) is 0 Å². The number of halogens is 2. The Kier molecular flexibility index (Phi) is 3.52. The highest BCUT2D eigenvalue weighted by Crippen LogP contribution is 2.42. The first-order valence-corrected chi connectivity index (χ1v) is 5.74. The van der Waals surface area contributed by atoms with Crippen molar-refractivity contribution >= 4 is 17.9 Å². The monoisotopic (exact) mass is 258 g/mol. The zero-order chi connectivity index (χ0) is 12.4. The van der Waals surface area contributed by atoms with Gasteiger partial charge in [-0.3, -0.25) is 0 Å². The third-order valence-electron chi connectivity index (χ3n) is 2.72. The van der Waals surface area contributed by atoms with Crippen molar-refractivity contribution in [3.63, 3.8) is 0 Å². The minimum absolute atomic E-state index is 0.0741. The van der Waals surface area contributed by atoms with Crippen molar-refractivity contribution in [3.05, 3.63) is 22.5 Å². The van der Waals surface area contributed by atoms with Crippen molar-refractivity contribution in [1.29, 1.82) is 0 Å². The first kappa shape index (κ1) is 12.2. The minimum atomic E-state index is -0.537. The summed E-state index contributed by atoms with van der Waals surface area (Å²) in [4.78, 5) is 10.5. The zero-order valence-electron chi connectivity index (χ0n) is 9.33. The molecule has 5 heteroatoms. The van der Waals surface area contributed by atoms with Crippen LogP contribution in [0.15, 0.2) is 6.07 Å². The molecule has 0 bridgehead atoms. The molecule has 0 amide bonds. The number of rotatable bonds is 3. The highest BCUT2D eigenvalue weighted by atomic mass is 35.5. The molecule has 2 rings (SSSR count). The number of carbonyl (C=O) groups excluding carboxylic acids is 1.